The number of halogens is 1. The van der Waals surface area contributed by atoms with Gasteiger partial charge in [0.25, 0.3) is 0 Å². The van der Waals surface area contributed by atoms with Gasteiger partial charge in [0, 0.05) is 24.9 Å². The summed E-state index contributed by atoms with van der Waals surface area (Å²) in [6.45, 7) is 1.47. The van der Waals surface area contributed by atoms with Crippen LogP contribution in [0.15, 0.2) is 29.0 Å². The minimum absolute atomic E-state index is 0.0157. The second kappa shape index (κ2) is 7.22. The van der Waals surface area contributed by atoms with E-state index in [1.807, 2.05) is 4.90 Å². The highest BCUT2D eigenvalue weighted by molar-refractivity contribution is 9.10. The Morgan fingerprint density at radius 3 is 2.82 bits per heavy atom. The Labute approximate surface area is 138 Å². The molecule has 0 spiro atoms. The van der Waals surface area contributed by atoms with E-state index in [4.69, 9.17) is 4.74 Å². The van der Waals surface area contributed by atoms with E-state index in [1.54, 1.807) is 12.4 Å². The van der Waals surface area contributed by atoms with Gasteiger partial charge in [-0.15, -0.1) is 0 Å². The van der Waals surface area contributed by atoms with E-state index in [2.05, 4.69) is 38.0 Å². The van der Waals surface area contributed by atoms with Crippen molar-refractivity contribution < 1.29 is 9.53 Å². The predicted octanol–water partition coefficient (Wildman–Crippen LogP) is 2.97. The number of allylic oxidation sites excluding steroid dienone is 2. The monoisotopic (exact) mass is 365 g/mol. The summed E-state index contributed by atoms with van der Waals surface area (Å²) in [6.07, 6.45) is 12.4. The Kier molecular flexibility index (Phi) is 5.08. The van der Waals surface area contributed by atoms with Crippen molar-refractivity contribution in [1.82, 2.24) is 14.9 Å². The maximum atomic E-state index is 12.6. The fourth-order valence-electron chi connectivity index (χ4n) is 3.02. The van der Waals surface area contributed by atoms with Gasteiger partial charge in [-0.3, -0.25) is 4.79 Å². The highest BCUT2D eigenvalue weighted by Crippen LogP contribution is 2.23. The molecule has 0 radical (unpaired) electrons. The number of piperidine rings is 1. The third kappa shape index (κ3) is 3.85. The lowest BCUT2D eigenvalue weighted by Gasteiger charge is -2.34. The number of amides is 1. The third-order valence-electron chi connectivity index (χ3n) is 4.18. The van der Waals surface area contributed by atoms with Crippen LogP contribution in [0.25, 0.3) is 0 Å². The van der Waals surface area contributed by atoms with E-state index in [9.17, 15) is 4.79 Å². The first-order chi connectivity index (χ1) is 10.7. The van der Waals surface area contributed by atoms with Gasteiger partial charge in [0.1, 0.15) is 6.10 Å². The number of aromatic nitrogens is 2. The second-order valence-electron chi connectivity index (χ2n) is 5.83. The predicted molar refractivity (Wildman–Crippen MR) is 86.4 cm³/mol. The van der Waals surface area contributed by atoms with Gasteiger partial charge in [0.15, 0.2) is 0 Å². The molecular formula is C16H20BrN3O2. The molecule has 3 rings (SSSR count). The van der Waals surface area contributed by atoms with Crippen LogP contribution in [0, 0.1) is 5.92 Å². The number of likely N-dealkylation sites (tertiary alicyclic amines) is 1. The Bertz CT molecular complexity index is 547. The number of hydrogen-bond donors (Lipinski definition) is 0. The van der Waals surface area contributed by atoms with Gasteiger partial charge < -0.3 is 9.64 Å². The largest absolute Gasteiger partial charge is 0.458 e. The maximum Gasteiger partial charge on any atom is 0.316 e. The van der Waals surface area contributed by atoms with Gasteiger partial charge in [-0.05, 0) is 48.0 Å². The van der Waals surface area contributed by atoms with Crippen molar-refractivity contribution in [2.45, 2.75) is 38.2 Å². The van der Waals surface area contributed by atoms with Crippen LogP contribution in [0.3, 0.4) is 0 Å². The highest BCUT2D eigenvalue weighted by Gasteiger charge is 2.29. The molecule has 0 saturated carbocycles. The molecule has 1 fully saturated rings. The molecule has 0 bridgehead atoms. The van der Waals surface area contributed by atoms with Crippen molar-refractivity contribution in [2.24, 2.45) is 5.92 Å². The van der Waals surface area contributed by atoms with Crippen molar-refractivity contribution in [2.75, 3.05) is 13.1 Å². The second-order valence-corrected chi connectivity index (χ2v) is 6.75. The molecule has 118 valence electrons. The van der Waals surface area contributed by atoms with Crippen molar-refractivity contribution in [1.29, 1.82) is 0 Å². The van der Waals surface area contributed by atoms with Gasteiger partial charge >= 0.3 is 6.01 Å². The Balaban J connectivity index is 1.57. The first-order valence-corrected chi connectivity index (χ1v) is 8.59. The fourth-order valence-corrected chi connectivity index (χ4v) is 3.23. The van der Waals surface area contributed by atoms with Crippen molar-refractivity contribution in [3.05, 3.63) is 29.0 Å². The van der Waals surface area contributed by atoms with E-state index in [0.29, 0.717) is 12.6 Å². The molecular weight excluding hydrogens is 346 g/mol. The molecule has 1 saturated heterocycles. The molecule has 2 heterocycles. The molecule has 2 aliphatic rings. The number of carbonyl (C=O) groups is 1. The topological polar surface area (TPSA) is 55.3 Å². The maximum absolute atomic E-state index is 12.6. The number of ether oxygens (including phenoxy) is 1. The molecule has 6 heteroatoms. The zero-order valence-electron chi connectivity index (χ0n) is 12.4. The SMILES string of the molecule is O=C(C1CC=CCC1)N1CCCC(Oc2ncc(Br)cn2)C1. The number of carbonyl (C=O) groups excluding carboxylic acids is 1. The van der Waals surface area contributed by atoms with Crippen molar-refractivity contribution in [3.8, 4) is 6.01 Å². The standard InChI is InChI=1S/C16H20BrN3O2/c17-13-9-18-16(19-10-13)22-14-7-4-8-20(11-14)15(21)12-5-2-1-3-6-12/h1-2,9-10,12,14H,3-8,11H2. The van der Waals surface area contributed by atoms with Crippen LogP contribution in [-0.4, -0.2) is 40.0 Å². The summed E-state index contributed by atoms with van der Waals surface area (Å²) >= 11 is 3.30. The fraction of sp³-hybridized carbons (Fsp3) is 0.562. The lowest BCUT2D eigenvalue weighted by molar-refractivity contribution is -0.138. The normalized spacial score (nSPS) is 25.0. The summed E-state index contributed by atoms with van der Waals surface area (Å²) in [7, 11) is 0. The molecule has 5 nitrogen and oxygen atoms in total. The molecule has 1 aliphatic heterocycles. The summed E-state index contributed by atoms with van der Waals surface area (Å²) in [4.78, 5) is 22.8. The smallest absolute Gasteiger partial charge is 0.316 e. The van der Waals surface area contributed by atoms with Crippen LogP contribution in [0.2, 0.25) is 0 Å². The molecule has 1 aromatic rings. The van der Waals surface area contributed by atoms with Crippen LogP contribution >= 0.6 is 15.9 Å². The first kappa shape index (κ1) is 15.5. The van der Waals surface area contributed by atoms with Crippen LogP contribution in [-0.2, 0) is 4.79 Å². The summed E-state index contributed by atoms with van der Waals surface area (Å²) in [5, 5.41) is 0. The molecule has 22 heavy (non-hydrogen) atoms. The van der Waals surface area contributed by atoms with E-state index >= 15 is 0 Å². The van der Waals surface area contributed by atoms with E-state index in [0.717, 1.165) is 43.1 Å². The van der Waals surface area contributed by atoms with Gasteiger partial charge in [0.05, 0.1) is 11.0 Å². The third-order valence-corrected chi connectivity index (χ3v) is 4.59. The summed E-state index contributed by atoms with van der Waals surface area (Å²) in [5.74, 6) is 0.419. The summed E-state index contributed by atoms with van der Waals surface area (Å²) in [6, 6.07) is 0.378. The average molecular weight is 366 g/mol. The van der Waals surface area contributed by atoms with E-state index in [-0.39, 0.29) is 17.9 Å². The summed E-state index contributed by atoms with van der Waals surface area (Å²) < 4.78 is 6.65. The summed E-state index contributed by atoms with van der Waals surface area (Å²) in [5.41, 5.74) is 0. The molecule has 0 N–H and O–H groups in total. The Hall–Kier alpha value is -1.43. The minimum atomic E-state index is -0.0157. The van der Waals surface area contributed by atoms with Crippen LogP contribution < -0.4 is 4.74 Å². The first-order valence-electron chi connectivity index (χ1n) is 7.80. The zero-order chi connectivity index (χ0) is 15.4. The quantitative estimate of drug-likeness (QED) is 0.772. The lowest BCUT2D eigenvalue weighted by atomic mass is 9.92. The van der Waals surface area contributed by atoms with Gasteiger partial charge in [-0.25, -0.2) is 9.97 Å². The zero-order valence-corrected chi connectivity index (χ0v) is 14.0. The van der Waals surface area contributed by atoms with Crippen molar-refractivity contribution >= 4 is 21.8 Å². The van der Waals surface area contributed by atoms with Gasteiger partial charge in [-0.2, -0.15) is 0 Å². The Morgan fingerprint density at radius 2 is 2.09 bits per heavy atom. The van der Waals surface area contributed by atoms with Crippen LogP contribution in [0.1, 0.15) is 32.1 Å². The molecule has 1 amide bonds. The Morgan fingerprint density at radius 1 is 1.27 bits per heavy atom. The molecule has 0 aromatic carbocycles. The number of rotatable bonds is 3. The van der Waals surface area contributed by atoms with Crippen LogP contribution in [0.4, 0.5) is 0 Å². The van der Waals surface area contributed by atoms with Gasteiger partial charge in [0.2, 0.25) is 5.91 Å². The minimum Gasteiger partial charge on any atom is -0.458 e. The van der Waals surface area contributed by atoms with Crippen LogP contribution in [0.5, 0.6) is 6.01 Å². The van der Waals surface area contributed by atoms with Crippen molar-refractivity contribution in [3.63, 3.8) is 0 Å². The molecule has 2 unspecified atom stereocenters. The molecule has 2 atom stereocenters. The average Bonchev–Trinajstić information content (AvgIpc) is 2.57. The number of hydrogen-bond acceptors (Lipinski definition) is 4. The molecule has 1 aliphatic carbocycles. The number of nitrogens with zero attached hydrogens (tertiary/aromatic N) is 3. The van der Waals surface area contributed by atoms with E-state index in [1.165, 1.54) is 0 Å². The highest BCUT2D eigenvalue weighted by atomic mass is 79.9. The molecule has 1 aromatic heterocycles. The van der Waals surface area contributed by atoms with E-state index < -0.39 is 0 Å². The van der Waals surface area contributed by atoms with Gasteiger partial charge in [-0.1, -0.05) is 12.2 Å². The lowest BCUT2D eigenvalue weighted by Crippen LogP contribution is -2.46.